The standard InChI is InChI=1S/C19H16N6O5/c1-10-4-6-13-16(20-10)22-23-17(13)21-15(26)3-2-8-24-18(27)12-7-5-11(25(29)30)9-14(12)19(24)28/h4-7,9H,2-3,8H2,1H3,(H2,20,21,22,23,26). The van der Waals surface area contributed by atoms with Gasteiger partial charge in [-0.15, -0.1) is 0 Å². The van der Waals surface area contributed by atoms with Gasteiger partial charge < -0.3 is 5.32 Å². The molecule has 1 aromatic carbocycles. The molecular formula is C19H16N6O5. The van der Waals surface area contributed by atoms with Crippen molar-refractivity contribution in [1.82, 2.24) is 20.1 Å². The normalized spacial score (nSPS) is 13.0. The van der Waals surface area contributed by atoms with Crippen molar-refractivity contribution in [3.05, 3.63) is 57.3 Å². The molecule has 1 aliphatic rings. The largest absolute Gasteiger partial charge is 0.309 e. The van der Waals surface area contributed by atoms with E-state index in [1.807, 2.05) is 6.92 Å². The van der Waals surface area contributed by atoms with Gasteiger partial charge in [-0.2, -0.15) is 5.10 Å². The molecule has 0 saturated carbocycles. The van der Waals surface area contributed by atoms with Crippen LogP contribution in [0.4, 0.5) is 11.5 Å². The number of fused-ring (bicyclic) bond motifs is 2. The maximum Gasteiger partial charge on any atom is 0.270 e. The molecule has 1 aliphatic heterocycles. The van der Waals surface area contributed by atoms with E-state index in [2.05, 4.69) is 20.5 Å². The number of nitrogens with zero attached hydrogens (tertiary/aromatic N) is 4. The number of nitrogens with one attached hydrogen (secondary N) is 2. The maximum atomic E-state index is 12.4. The number of anilines is 1. The second-order valence-corrected chi connectivity index (χ2v) is 6.82. The average molecular weight is 408 g/mol. The minimum atomic E-state index is -0.624. The lowest BCUT2D eigenvalue weighted by molar-refractivity contribution is -0.384. The van der Waals surface area contributed by atoms with Crippen LogP contribution in [-0.4, -0.2) is 49.3 Å². The Balaban J connectivity index is 1.37. The zero-order chi connectivity index (χ0) is 21.4. The zero-order valence-corrected chi connectivity index (χ0v) is 15.8. The number of imide groups is 1. The van der Waals surface area contributed by atoms with Gasteiger partial charge in [0.05, 0.1) is 21.4 Å². The molecular weight excluding hydrogens is 392 g/mol. The highest BCUT2D eigenvalue weighted by molar-refractivity contribution is 6.21. The van der Waals surface area contributed by atoms with Crippen LogP contribution >= 0.6 is 0 Å². The first kappa shape index (κ1) is 19.2. The zero-order valence-electron chi connectivity index (χ0n) is 15.8. The van der Waals surface area contributed by atoms with Gasteiger partial charge in [-0.05, 0) is 31.5 Å². The third-order valence-corrected chi connectivity index (χ3v) is 4.77. The molecule has 2 N–H and O–H groups in total. The van der Waals surface area contributed by atoms with Gasteiger partial charge >= 0.3 is 0 Å². The number of H-pyrrole nitrogens is 1. The Bertz CT molecular complexity index is 1220. The van der Waals surface area contributed by atoms with Crippen LogP contribution in [-0.2, 0) is 4.79 Å². The van der Waals surface area contributed by atoms with Crippen molar-refractivity contribution in [2.75, 3.05) is 11.9 Å². The SMILES string of the molecule is Cc1ccc2c(NC(=O)CCCN3C(=O)c4ccc([N+](=O)[O-])cc4C3=O)n[nH]c2n1. The highest BCUT2D eigenvalue weighted by atomic mass is 16.6. The second-order valence-electron chi connectivity index (χ2n) is 6.82. The summed E-state index contributed by atoms with van der Waals surface area (Å²) >= 11 is 0. The van der Waals surface area contributed by atoms with E-state index in [-0.39, 0.29) is 42.1 Å². The Labute approximate surface area is 169 Å². The Hall–Kier alpha value is -4.15. The van der Waals surface area contributed by atoms with E-state index in [0.29, 0.717) is 16.9 Å². The van der Waals surface area contributed by atoms with Crippen molar-refractivity contribution in [3.63, 3.8) is 0 Å². The summed E-state index contributed by atoms with van der Waals surface area (Å²) in [7, 11) is 0. The fourth-order valence-electron chi connectivity index (χ4n) is 3.29. The van der Waals surface area contributed by atoms with Crippen LogP contribution in [0, 0.1) is 17.0 Å². The first-order valence-electron chi connectivity index (χ1n) is 9.11. The predicted octanol–water partition coefficient (Wildman–Crippen LogP) is 2.19. The molecule has 152 valence electrons. The monoisotopic (exact) mass is 408 g/mol. The number of hydrogen-bond donors (Lipinski definition) is 2. The Kier molecular flexibility index (Phi) is 4.70. The van der Waals surface area contributed by atoms with E-state index >= 15 is 0 Å². The lowest BCUT2D eigenvalue weighted by Crippen LogP contribution is -2.31. The summed E-state index contributed by atoms with van der Waals surface area (Å²) in [5.41, 5.74) is 1.25. The van der Waals surface area contributed by atoms with Crippen LogP contribution in [0.1, 0.15) is 39.3 Å². The van der Waals surface area contributed by atoms with Gasteiger partial charge in [0.25, 0.3) is 17.5 Å². The molecule has 0 saturated heterocycles. The number of carbonyl (C=O) groups excluding carboxylic acids is 3. The number of aromatic amines is 1. The minimum Gasteiger partial charge on any atom is -0.309 e. The summed E-state index contributed by atoms with van der Waals surface area (Å²) in [6.07, 6.45) is 0.292. The Morgan fingerprint density at radius 1 is 1.20 bits per heavy atom. The quantitative estimate of drug-likeness (QED) is 0.360. The molecule has 3 aromatic rings. The lowest BCUT2D eigenvalue weighted by atomic mass is 10.1. The summed E-state index contributed by atoms with van der Waals surface area (Å²) in [4.78, 5) is 52.6. The lowest BCUT2D eigenvalue weighted by Gasteiger charge is -2.13. The minimum absolute atomic E-state index is 0.00411. The number of amides is 3. The molecule has 0 aliphatic carbocycles. The van der Waals surface area contributed by atoms with Crippen LogP contribution in [0.5, 0.6) is 0 Å². The molecule has 0 spiro atoms. The first-order chi connectivity index (χ1) is 14.3. The number of hydrogen-bond acceptors (Lipinski definition) is 7. The van der Waals surface area contributed by atoms with Crippen LogP contribution in [0.2, 0.25) is 0 Å². The van der Waals surface area contributed by atoms with E-state index in [9.17, 15) is 24.5 Å². The fraction of sp³-hybridized carbons (Fsp3) is 0.211. The summed E-state index contributed by atoms with van der Waals surface area (Å²) < 4.78 is 0. The van der Waals surface area contributed by atoms with Gasteiger partial charge in [-0.1, -0.05) is 0 Å². The van der Waals surface area contributed by atoms with Gasteiger partial charge in [0, 0.05) is 30.8 Å². The van der Waals surface area contributed by atoms with Crippen LogP contribution in [0.3, 0.4) is 0 Å². The van der Waals surface area contributed by atoms with Crippen molar-refractivity contribution >= 4 is 40.3 Å². The number of pyridine rings is 1. The number of rotatable bonds is 6. The molecule has 0 bridgehead atoms. The first-order valence-corrected chi connectivity index (χ1v) is 9.11. The van der Waals surface area contributed by atoms with Gasteiger partial charge in [0.1, 0.15) is 0 Å². The molecule has 0 unspecified atom stereocenters. The molecule has 11 nitrogen and oxygen atoms in total. The van der Waals surface area contributed by atoms with Crippen molar-refractivity contribution in [1.29, 1.82) is 0 Å². The molecule has 0 radical (unpaired) electrons. The van der Waals surface area contributed by atoms with E-state index in [0.717, 1.165) is 16.7 Å². The molecule has 4 rings (SSSR count). The predicted molar refractivity (Wildman–Crippen MR) is 105 cm³/mol. The summed E-state index contributed by atoms with van der Waals surface area (Å²) in [5.74, 6) is -1.09. The summed E-state index contributed by atoms with van der Waals surface area (Å²) in [5, 5.41) is 21.0. The Morgan fingerprint density at radius 3 is 2.73 bits per heavy atom. The highest BCUT2D eigenvalue weighted by Gasteiger charge is 2.36. The fourth-order valence-corrected chi connectivity index (χ4v) is 3.29. The van der Waals surface area contributed by atoms with E-state index in [1.165, 1.54) is 12.1 Å². The van der Waals surface area contributed by atoms with Crippen molar-refractivity contribution in [3.8, 4) is 0 Å². The summed E-state index contributed by atoms with van der Waals surface area (Å²) in [6.45, 7) is 1.87. The molecule has 30 heavy (non-hydrogen) atoms. The van der Waals surface area contributed by atoms with Gasteiger partial charge in [-0.25, -0.2) is 4.98 Å². The van der Waals surface area contributed by atoms with E-state index in [4.69, 9.17) is 0 Å². The van der Waals surface area contributed by atoms with Crippen molar-refractivity contribution in [2.45, 2.75) is 19.8 Å². The van der Waals surface area contributed by atoms with E-state index < -0.39 is 16.7 Å². The number of nitro benzene ring substituents is 1. The highest BCUT2D eigenvalue weighted by Crippen LogP contribution is 2.27. The Morgan fingerprint density at radius 2 is 1.97 bits per heavy atom. The molecule has 3 amide bonds. The molecule has 2 aromatic heterocycles. The smallest absolute Gasteiger partial charge is 0.270 e. The van der Waals surface area contributed by atoms with Gasteiger partial charge in [0.15, 0.2) is 11.5 Å². The number of non-ortho nitro benzene ring substituents is 1. The number of benzene rings is 1. The van der Waals surface area contributed by atoms with Crippen LogP contribution in [0.25, 0.3) is 11.0 Å². The van der Waals surface area contributed by atoms with Crippen LogP contribution < -0.4 is 5.32 Å². The topological polar surface area (TPSA) is 151 Å². The van der Waals surface area contributed by atoms with Crippen molar-refractivity contribution < 1.29 is 19.3 Å². The molecule has 0 fully saturated rings. The number of carbonyl (C=O) groups is 3. The average Bonchev–Trinajstić information content (AvgIpc) is 3.21. The van der Waals surface area contributed by atoms with Gasteiger partial charge in [-0.3, -0.25) is 34.5 Å². The molecule has 11 heteroatoms. The third-order valence-electron chi connectivity index (χ3n) is 4.77. The second kappa shape index (κ2) is 7.35. The van der Waals surface area contributed by atoms with E-state index in [1.54, 1.807) is 12.1 Å². The maximum absolute atomic E-state index is 12.4. The van der Waals surface area contributed by atoms with Crippen LogP contribution in [0.15, 0.2) is 30.3 Å². The molecule has 0 atom stereocenters. The number of aryl methyl sites for hydroxylation is 1. The number of aromatic nitrogens is 3. The molecule has 3 heterocycles. The summed E-state index contributed by atoms with van der Waals surface area (Å²) in [6, 6.07) is 7.17. The van der Waals surface area contributed by atoms with Crippen molar-refractivity contribution in [2.24, 2.45) is 0 Å². The van der Waals surface area contributed by atoms with Gasteiger partial charge in [0.2, 0.25) is 5.91 Å². The number of nitro groups is 1. The third kappa shape index (κ3) is 3.36.